The maximum atomic E-state index is 11.8. The maximum absolute atomic E-state index is 11.8. The lowest BCUT2D eigenvalue weighted by Crippen LogP contribution is -2.32. The Kier molecular flexibility index (Phi) is 9.41. The number of benzene rings is 1. The van der Waals surface area contributed by atoms with Crippen LogP contribution in [0.5, 0.6) is 0 Å². The third-order valence-corrected chi connectivity index (χ3v) is 5.16. The summed E-state index contributed by atoms with van der Waals surface area (Å²) in [7, 11) is -2.04. The van der Waals surface area contributed by atoms with E-state index < -0.39 is 10.0 Å². The first-order chi connectivity index (χ1) is 11.5. The van der Waals surface area contributed by atoms with Crippen molar-refractivity contribution in [2.45, 2.75) is 56.9 Å². The van der Waals surface area contributed by atoms with E-state index in [1.807, 2.05) is 6.07 Å². The maximum Gasteiger partial charge on any atom is 0.240 e. The van der Waals surface area contributed by atoms with E-state index in [4.69, 9.17) is 5.73 Å². The number of hydrogen-bond donors (Lipinski definition) is 3. The summed E-state index contributed by atoms with van der Waals surface area (Å²) in [6.07, 6.45) is 7.40. The fraction of sp³-hybridized carbons (Fsp3) is 0.588. The molecule has 136 valence electrons. The van der Waals surface area contributed by atoms with Gasteiger partial charge in [0.15, 0.2) is 5.96 Å². The lowest BCUT2D eigenvalue weighted by Gasteiger charge is -2.07. The van der Waals surface area contributed by atoms with Gasteiger partial charge < -0.3 is 11.1 Å². The molecule has 0 saturated carbocycles. The van der Waals surface area contributed by atoms with Crippen LogP contribution in [-0.4, -0.2) is 28.0 Å². The molecule has 0 bridgehead atoms. The molecule has 0 amide bonds. The molecule has 24 heavy (non-hydrogen) atoms. The van der Waals surface area contributed by atoms with Gasteiger partial charge in [0.2, 0.25) is 10.0 Å². The van der Waals surface area contributed by atoms with Crippen LogP contribution in [0.4, 0.5) is 0 Å². The van der Waals surface area contributed by atoms with E-state index in [2.05, 4.69) is 22.0 Å². The van der Waals surface area contributed by atoms with Gasteiger partial charge in [-0.05, 0) is 31.2 Å². The molecule has 0 fully saturated rings. The van der Waals surface area contributed by atoms with Crippen LogP contribution in [0.25, 0.3) is 0 Å². The first-order valence-corrected chi connectivity index (χ1v) is 10.0. The fourth-order valence-corrected chi connectivity index (χ4v) is 3.08. The Morgan fingerprint density at radius 1 is 1.17 bits per heavy atom. The van der Waals surface area contributed by atoms with E-state index in [9.17, 15) is 8.42 Å². The molecule has 1 aromatic carbocycles. The summed E-state index contributed by atoms with van der Waals surface area (Å²) in [5.74, 6) is 0.394. The van der Waals surface area contributed by atoms with Gasteiger partial charge in [-0.15, -0.1) is 0 Å². The normalized spacial score (nSPS) is 12.3. The molecule has 0 spiro atoms. The minimum Gasteiger partial charge on any atom is -0.370 e. The number of nitrogens with two attached hydrogens (primary N) is 1. The van der Waals surface area contributed by atoms with Gasteiger partial charge in [0, 0.05) is 6.54 Å². The topological polar surface area (TPSA) is 96.6 Å². The van der Waals surface area contributed by atoms with Gasteiger partial charge in [-0.3, -0.25) is 0 Å². The molecule has 4 N–H and O–H groups in total. The van der Waals surface area contributed by atoms with Crippen molar-refractivity contribution in [2.24, 2.45) is 10.7 Å². The molecule has 0 aromatic heterocycles. The predicted octanol–water partition coefficient (Wildman–Crippen LogP) is 2.36. The number of rotatable bonds is 11. The molecule has 1 rings (SSSR count). The van der Waals surface area contributed by atoms with Gasteiger partial charge in [0.05, 0.1) is 11.4 Å². The van der Waals surface area contributed by atoms with Crippen LogP contribution in [-0.2, 0) is 16.6 Å². The van der Waals surface area contributed by atoms with Crippen molar-refractivity contribution < 1.29 is 8.42 Å². The zero-order valence-corrected chi connectivity index (χ0v) is 15.5. The Morgan fingerprint density at radius 3 is 2.58 bits per heavy atom. The Morgan fingerprint density at radius 2 is 1.88 bits per heavy atom. The van der Waals surface area contributed by atoms with E-state index in [1.165, 1.54) is 39.2 Å². The monoisotopic (exact) mass is 354 g/mol. The van der Waals surface area contributed by atoms with Crippen molar-refractivity contribution in [3.8, 4) is 0 Å². The zero-order chi connectivity index (χ0) is 17.8. The second kappa shape index (κ2) is 11.0. The van der Waals surface area contributed by atoms with Crippen molar-refractivity contribution in [3.63, 3.8) is 0 Å². The summed E-state index contributed by atoms with van der Waals surface area (Å²) in [6, 6.07) is 6.70. The van der Waals surface area contributed by atoms with Gasteiger partial charge in [-0.1, -0.05) is 51.2 Å². The number of aliphatic imine (C=N–C) groups is 1. The molecule has 0 aliphatic heterocycles. The van der Waals surface area contributed by atoms with Crippen LogP contribution in [0.15, 0.2) is 34.2 Å². The highest BCUT2D eigenvalue weighted by Gasteiger charge is 2.10. The average molecular weight is 355 g/mol. The van der Waals surface area contributed by atoms with Crippen LogP contribution >= 0.6 is 0 Å². The van der Waals surface area contributed by atoms with E-state index >= 15 is 0 Å². The summed E-state index contributed by atoms with van der Waals surface area (Å²) >= 11 is 0. The van der Waals surface area contributed by atoms with E-state index in [0.29, 0.717) is 12.5 Å². The van der Waals surface area contributed by atoms with E-state index in [0.717, 1.165) is 18.5 Å². The minimum atomic E-state index is -3.43. The third kappa shape index (κ3) is 7.79. The summed E-state index contributed by atoms with van der Waals surface area (Å²) in [5, 5.41) is 3.10. The van der Waals surface area contributed by atoms with Crippen LogP contribution in [0, 0.1) is 0 Å². The number of nitrogens with zero attached hydrogens (tertiary/aromatic N) is 1. The lowest BCUT2D eigenvalue weighted by molar-refractivity contribution is 0.588. The second-order valence-electron chi connectivity index (χ2n) is 5.75. The summed E-state index contributed by atoms with van der Waals surface area (Å²) < 4.78 is 25.9. The third-order valence-electron chi connectivity index (χ3n) is 3.75. The molecular weight excluding hydrogens is 324 g/mol. The van der Waals surface area contributed by atoms with Crippen molar-refractivity contribution in [2.75, 3.05) is 13.6 Å². The molecule has 0 aliphatic carbocycles. The minimum absolute atomic E-state index is 0.233. The molecule has 0 heterocycles. The largest absolute Gasteiger partial charge is 0.370 e. The first-order valence-electron chi connectivity index (χ1n) is 8.56. The molecule has 0 aliphatic rings. The van der Waals surface area contributed by atoms with Gasteiger partial charge in [-0.2, -0.15) is 0 Å². The standard InChI is InChI=1S/C17H30N4O2S/c1-3-4-5-6-7-8-12-20-17(18)21-14-15-10-9-11-16(13-15)24(22,23)19-2/h9-11,13,19H,3-8,12,14H2,1-2H3,(H3,18,20,21). The molecule has 7 heteroatoms. The SMILES string of the molecule is CCCCCCCCNC(N)=NCc1cccc(S(=O)(=O)NC)c1. The Bertz CT molecular complexity index is 615. The number of sulfonamides is 1. The van der Waals surface area contributed by atoms with Crippen LogP contribution < -0.4 is 15.8 Å². The molecule has 0 atom stereocenters. The Hall–Kier alpha value is -1.60. The van der Waals surface area contributed by atoms with Gasteiger partial charge in [0.25, 0.3) is 0 Å². The van der Waals surface area contributed by atoms with Crippen molar-refractivity contribution >= 4 is 16.0 Å². The molecule has 6 nitrogen and oxygen atoms in total. The Balaban J connectivity index is 2.39. The van der Waals surface area contributed by atoms with Crippen molar-refractivity contribution in [1.82, 2.24) is 10.0 Å². The highest BCUT2D eigenvalue weighted by Crippen LogP contribution is 2.11. The number of guanidine groups is 1. The van der Waals surface area contributed by atoms with Gasteiger partial charge in [0.1, 0.15) is 0 Å². The number of nitrogens with one attached hydrogen (secondary N) is 2. The fourth-order valence-electron chi connectivity index (χ4n) is 2.28. The highest BCUT2D eigenvalue weighted by molar-refractivity contribution is 7.89. The number of unbranched alkanes of at least 4 members (excludes halogenated alkanes) is 5. The van der Waals surface area contributed by atoms with Crippen LogP contribution in [0.3, 0.4) is 0 Å². The zero-order valence-electron chi connectivity index (χ0n) is 14.7. The van der Waals surface area contributed by atoms with Crippen molar-refractivity contribution in [1.29, 1.82) is 0 Å². The molecule has 0 radical (unpaired) electrons. The van der Waals surface area contributed by atoms with Crippen molar-refractivity contribution in [3.05, 3.63) is 29.8 Å². The van der Waals surface area contributed by atoms with Crippen LogP contribution in [0.1, 0.15) is 51.0 Å². The van der Waals surface area contributed by atoms with Gasteiger partial charge in [-0.25, -0.2) is 18.1 Å². The van der Waals surface area contributed by atoms with Crippen LogP contribution in [0.2, 0.25) is 0 Å². The molecular formula is C17H30N4O2S. The Labute approximate surface area is 146 Å². The van der Waals surface area contributed by atoms with E-state index in [1.54, 1.807) is 18.2 Å². The summed E-state index contributed by atoms with van der Waals surface area (Å²) in [6.45, 7) is 3.38. The smallest absolute Gasteiger partial charge is 0.240 e. The quantitative estimate of drug-likeness (QED) is 0.323. The molecule has 0 saturated heterocycles. The lowest BCUT2D eigenvalue weighted by atomic mass is 10.1. The molecule has 0 unspecified atom stereocenters. The second-order valence-corrected chi connectivity index (χ2v) is 7.64. The predicted molar refractivity (Wildman–Crippen MR) is 99.4 cm³/mol. The summed E-state index contributed by atoms with van der Waals surface area (Å²) in [5.41, 5.74) is 6.64. The summed E-state index contributed by atoms with van der Waals surface area (Å²) in [4.78, 5) is 4.49. The first kappa shape index (κ1) is 20.4. The number of hydrogen-bond acceptors (Lipinski definition) is 3. The average Bonchev–Trinajstić information content (AvgIpc) is 2.59. The molecule has 1 aromatic rings. The highest BCUT2D eigenvalue weighted by atomic mass is 32.2. The van der Waals surface area contributed by atoms with Gasteiger partial charge >= 0.3 is 0 Å². The van der Waals surface area contributed by atoms with E-state index in [-0.39, 0.29) is 4.90 Å².